The lowest BCUT2D eigenvalue weighted by Gasteiger charge is -2.37. The summed E-state index contributed by atoms with van der Waals surface area (Å²) >= 11 is 0. The highest BCUT2D eigenvalue weighted by Crippen LogP contribution is 2.29. The zero-order valence-electron chi connectivity index (χ0n) is 24.0. The van der Waals surface area contributed by atoms with E-state index < -0.39 is 0 Å². The maximum Gasteiger partial charge on any atom is 0.254 e. The molecule has 2 fully saturated rings. The van der Waals surface area contributed by atoms with Gasteiger partial charge in [0.2, 0.25) is 0 Å². The normalized spacial score (nSPS) is 16.7. The van der Waals surface area contributed by atoms with Gasteiger partial charge in [0, 0.05) is 56.4 Å². The highest BCUT2D eigenvalue weighted by Gasteiger charge is 2.28. The first-order valence-electron chi connectivity index (χ1n) is 15.1. The molecule has 5 heteroatoms. The van der Waals surface area contributed by atoms with E-state index in [9.17, 15) is 4.79 Å². The van der Waals surface area contributed by atoms with Crippen LogP contribution >= 0.6 is 0 Å². The molecule has 2 heterocycles. The molecule has 0 bridgehead atoms. The van der Waals surface area contributed by atoms with Crippen LogP contribution in [0.5, 0.6) is 0 Å². The number of rotatable bonds is 10. The Balaban J connectivity index is 1.22. The third-order valence-corrected chi connectivity index (χ3v) is 8.76. The van der Waals surface area contributed by atoms with E-state index in [1.165, 1.54) is 30.4 Å². The molecule has 1 saturated heterocycles. The molecule has 2 aromatic carbocycles. The highest BCUT2D eigenvalue weighted by molar-refractivity contribution is 5.96. The molecule has 210 valence electrons. The number of pyridine rings is 1. The lowest BCUT2D eigenvalue weighted by atomic mass is 9.88. The van der Waals surface area contributed by atoms with Crippen LogP contribution in [-0.2, 0) is 0 Å². The van der Waals surface area contributed by atoms with Gasteiger partial charge >= 0.3 is 0 Å². The van der Waals surface area contributed by atoms with Crippen molar-refractivity contribution in [1.82, 2.24) is 14.8 Å². The van der Waals surface area contributed by atoms with Crippen LogP contribution in [0, 0.1) is 6.92 Å². The molecule has 5 rings (SSSR count). The van der Waals surface area contributed by atoms with Crippen LogP contribution < -0.4 is 4.90 Å². The summed E-state index contributed by atoms with van der Waals surface area (Å²) < 4.78 is 0. The molecule has 1 aliphatic carbocycles. The van der Waals surface area contributed by atoms with Crippen LogP contribution in [0.3, 0.4) is 0 Å². The number of anilines is 1. The number of aromatic nitrogens is 1. The van der Waals surface area contributed by atoms with Crippen molar-refractivity contribution in [3.8, 4) is 0 Å². The minimum atomic E-state index is 0.124. The first kappa shape index (κ1) is 28.1. The topological polar surface area (TPSA) is 39.7 Å². The summed E-state index contributed by atoms with van der Waals surface area (Å²) in [5.41, 5.74) is 4.50. The van der Waals surface area contributed by atoms with Crippen LogP contribution in [-0.4, -0.2) is 66.0 Å². The number of piperazine rings is 1. The lowest BCUT2D eigenvalue weighted by Crippen LogP contribution is -2.47. The smallest absolute Gasteiger partial charge is 0.254 e. The van der Waals surface area contributed by atoms with E-state index in [0.29, 0.717) is 18.5 Å². The van der Waals surface area contributed by atoms with Crippen molar-refractivity contribution in [2.45, 2.75) is 57.4 Å². The van der Waals surface area contributed by atoms with Gasteiger partial charge in [-0.25, -0.2) is 4.98 Å². The Bertz CT molecular complexity index is 1190. The molecule has 0 atom stereocenters. The van der Waals surface area contributed by atoms with Crippen molar-refractivity contribution in [3.05, 3.63) is 108 Å². The standard InChI is InChI=1S/C35H44N4O/c1-3-20-39(31-17-11-6-12-18-31)35(40)33-26-34(36-27-28(33)2)38-24-22-37(23-25-38)21-19-32(29-13-7-4-8-14-29)30-15-9-5-10-16-30/h3-5,7-10,13-16,26-27,31-32H,1,6,11-12,17-25H2,2H3. The Hall–Kier alpha value is -3.44. The first-order chi connectivity index (χ1) is 19.6. The molecular weight excluding hydrogens is 492 g/mol. The minimum absolute atomic E-state index is 0.124. The number of nitrogens with zero attached hydrogens (tertiary/aromatic N) is 4. The summed E-state index contributed by atoms with van der Waals surface area (Å²) in [4.78, 5) is 25.5. The number of carbonyl (C=O) groups is 1. The van der Waals surface area contributed by atoms with E-state index in [0.717, 1.165) is 68.9 Å². The molecule has 0 unspecified atom stereocenters. The summed E-state index contributed by atoms with van der Waals surface area (Å²) in [6.45, 7) is 11.4. The minimum Gasteiger partial charge on any atom is -0.354 e. The fourth-order valence-corrected chi connectivity index (χ4v) is 6.41. The summed E-state index contributed by atoms with van der Waals surface area (Å²) in [7, 11) is 0. The fourth-order valence-electron chi connectivity index (χ4n) is 6.41. The Morgan fingerprint density at radius 2 is 1.60 bits per heavy atom. The number of benzene rings is 2. The molecule has 40 heavy (non-hydrogen) atoms. The van der Waals surface area contributed by atoms with E-state index in [1.807, 2.05) is 30.2 Å². The molecule has 2 aliphatic rings. The van der Waals surface area contributed by atoms with Gasteiger partial charge in [0.05, 0.1) is 0 Å². The van der Waals surface area contributed by atoms with Crippen LogP contribution in [0.2, 0.25) is 0 Å². The number of amides is 1. The Kier molecular flexibility index (Phi) is 9.67. The second kappa shape index (κ2) is 13.8. The van der Waals surface area contributed by atoms with Crippen LogP contribution in [0.15, 0.2) is 85.6 Å². The first-order valence-corrected chi connectivity index (χ1v) is 15.1. The molecule has 1 amide bonds. The molecule has 1 aliphatic heterocycles. The quantitative estimate of drug-likeness (QED) is 0.271. The highest BCUT2D eigenvalue weighted by atomic mass is 16.2. The lowest BCUT2D eigenvalue weighted by molar-refractivity contribution is 0.0662. The van der Waals surface area contributed by atoms with Gasteiger partial charge in [-0.3, -0.25) is 9.69 Å². The van der Waals surface area contributed by atoms with Crippen molar-refractivity contribution in [3.63, 3.8) is 0 Å². The fraction of sp³-hybridized carbons (Fsp3) is 0.429. The van der Waals surface area contributed by atoms with Gasteiger partial charge in [-0.2, -0.15) is 0 Å². The largest absolute Gasteiger partial charge is 0.354 e. The van der Waals surface area contributed by atoms with E-state index in [2.05, 4.69) is 77.0 Å². The van der Waals surface area contributed by atoms with E-state index >= 15 is 0 Å². The zero-order chi connectivity index (χ0) is 27.7. The number of aryl methyl sites for hydroxylation is 1. The third kappa shape index (κ3) is 6.82. The van der Waals surface area contributed by atoms with Crippen molar-refractivity contribution >= 4 is 11.7 Å². The number of carbonyl (C=O) groups excluding carboxylic acids is 1. The van der Waals surface area contributed by atoms with E-state index in [-0.39, 0.29) is 5.91 Å². The average molecular weight is 537 g/mol. The zero-order valence-corrected chi connectivity index (χ0v) is 24.0. The molecule has 0 radical (unpaired) electrons. The number of hydrogen-bond donors (Lipinski definition) is 0. The Morgan fingerprint density at radius 1 is 0.975 bits per heavy atom. The monoisotopic (exact) mass is 536 g/mol. The summed E-state index contributed by atoms with van der Waals surface area (Å²) in [6.07, 6.45) is 10.7. The maximum absolute atomic E-state index is 13.7. The van der Waals surface area contributed by atoms with Crippen molar-refractivity contribution < 1.29 is 4.79 Å². The van der Waals surface area contributed by atoms with Gasteiger partial charge < -0.3 is 9.80 Å². The second-order valence-electron chi connectivity index (χ2n) is 11.4. The molecular formula is C35H44N4O. The van der Waals surface area contributed by atoms with Crippen LogP contribution in [0.25, 0.3) is 0 Å². The molecule has 3 aromatic rings. The summed E-state index contributed by atoms with van der Waals surface area (Å²) in [6, 6.07) is 24.1. The molecule has 1 aromatic heterocycles. The molecule has 0 N–H and O–H groups in total. The van der Waals surface area contributed by atoms with Gasteiger partial charge in [-0.1, -0.05) is 86.0 Å². The van der Waals surface area contributed by atoms with E-state index in [1.54, 1.807) is 0 Å². The third-order valence-electron chi connectivity index (χ3n) is 8.76. The molecule has 1 saturated carbocycles. The number of hydrogen-bond acceptors (Lipinski definition) is 4. The average Bonchev–Trinajstić information content (AvgIpc) is 3.02. The van der Waals surface area contributed by atoms with Crippen LogP contribution in [0.4, 0.5) is 5.82 Å². The predicted octanol–water partition coefficient (Wildman–Crippen LogP) is 6.70. The predicted molar refractivity (Wildman–Crippen MR) is 165 cm³/mol. The Morgan fingerprint density at radius 3 is 2.20 bits per heavy atom. The van der Waals surface area contributed by atoms with Gasteiger partial charge in [0.1, 0.15) is 5.82 Å². The van der Waals surface area contributed by atoms with Gasteiger partial charge in [0.25, 0.3) is 5.91 Å². The van der Waals surface area contributed by atoms with Gasteiger partial charge in [-0.05, 0) is 55.5 Å². The van der Waals surface area contributed by atoms with Crippen molar-refractivity contribution in [2.24, 2.45) is 0 Å². The van der Waals surface area contributed by atoms with Crippen LogP contribution in [0.1, 0.15) is 71.5 Å². The van der Waals surface area contributed by atoms with Gasteiger partial charge in [-0.15, -0.1) is 6.58 Å². The Labute approximate surface area is 240 Å². The van der Waals surface area contributed by atoms with Crippen molar-refractivity contribution in [1.29, 1.82) is 0 Å². The summed E-state index contributed by atoms with van der Waals surface area (Å²) in [5, 5.41) is 0. The molecule has 5 nitrogen and oxygen atoms in total. The molecule has 0 spiro atoms. The SMILES string of the molecule is C=CCN(C(=O)c1cc(N2CCN(CCC(c3ccccc3)c3ccccc3)CC2)ncc1C)C1CCCCC1. The second-order valence-corrected chi connectivity index (χ2v) is 11.4. The summed E-state index contributed by atoms with van der Waals surface area (Å²) in [5.74, 6) is 1.44. The van der Waals surface area contributed by atoms with E-state index in [4.69, 9.17) is 4.98 Å². The van der Waals surface area contributed by atoms with Crippen molar-refractivity contribution in [2.75, 3.05) is 44.2 Å². The maximum atomic E-state index is 13.7. The van der Waals surface area contributed by atoms with Gasteiger partial charge in [0.15, 0.2) is 0 Å².